The number of nitrogens with zero attached hydrogens (tertiary/aromatic N) is 2. The molecule has 1 atom stereocenters. The maximum absolute atomic E-state index is 13.6. The van der Waals surface area contributed by atoms with Crippen molar-refractivity contribution in [3.63, 3.8) is 0 Å². The van der Waals surface area contributed by atoms with Gasteiger partial charge in [-0.05, 0) is 50.1 Å². The number of anilines is 1. The van der Waals surface area contributed by atoms with Crippen LogP contribution in [0.3, 0.4) is 0 Å². The maximum Gasteiger partial charge on any atom is 0.125 e. The summed E-state index contributed by atoms with van der Waals surface area (Å²) in [5.74, 6) is 1.77. The quantitative estimate of drug-likeness (QED) is 0.851. The Kier molecular flexibility index (Phi) is 4.52. The second kappa shape index (κ2) is 6.81. The molecule has 0 radical (unpaired) electrons. The maximum atomic E-state index is 13.6. The van der Waals surface area contributed by atoms with Crippen LogP contribution < -0.4 is 4.90 Å². The highest BCUT2D eigenvalue weighted by molar-refractivity contribution is 5.47. The van der Waals surface area contributed by atoms with Crippen LogP contribution >= 0.6 is 0 Å². The van der Waals surface area contributed by atoms with Gasteiger partial charge in [0.25, 0.3) is 0 Å². The summed E-state index contributed by atoms with van der Waals surface area (Å²) in [6.45, 7) is 7.09. The fraction of sp³-hybridized carbons (Fsp3) is 0.500. The number of ether oxygens (including phenoxy) is 1. The number of morpholine rings is 1. The second-order valence-corrected chi connectivity index (χ2v) is 7.26. The number of aryl methyl sites for hydroxylation is 1. The van der Waals surface area contributed by atoms with Gasteiger partial charge in [-0.15, -0.1) is 0 Å². The SMILES string of the molecule is Cc1ccc(CN2CCO[C@@]3(CCCN(c4cccc(F)c4)C3)C2)o1. The largest absolute Gasteiger partial charge is 0.465 e. The van der Waals surface area contributed by atoms with E-state index in [2.05, 4.69) is 15.9 Å². The lowest BCUT2D eigenvalue weighted by Crippen LogP contribution is -2.59. The molecule has 2 aromatic rings. The van der Waals surface area contributed by atoms with E-state index in [4.69, 9.17) is 9.15 Å². The van der Waals surface area contributed by atoms with Crippen LogP contribution in [0, 0.1) is 12.7 Å². The lowest BCUT2D eigenvalue weighted by molar-refractivity contribution is -0.117. The minimum atomic E-state index is -0.184. The third-order valence-corrected chi connectivity index (χ3v) is 5.22. The zero-order chi connectivity index (χ0) is 17.3. The number of rotatable bonds is 3. The van der Waals surface area contributed by atoms with Crippen molar-refractivity contribution >= 4 is 5.69 Å². The normalized spacial score (nSPS) is 24.8. The molecular formula is C20H25FN2O2. The van der Waals surface area contributed by atoms with Crippen molar-refractivity contribution in [2.75, 3.05) is 37.7 Å². The van der Waals surface area contributed by atoms with Crippen LogP contribution in [0.25, 0.3) is 0 Å². The van der Waals surface area contributed by atoms with Crippen LogP contribution in [0.1, 0.15) is 24.4 Å². The van der Waals surface area contributed by atoms with Gasteiger partial charge in [-0.1, -0.05) is 6.07 Å². The predicted molar refractivity (Wildman–Crippen MR) is 95.3 cm³/mol. The fourth-order valence-electron chi connectivity index (χ4n) is 4.09. The van der Waals surface area contributed by atoms with E-state index in [0.717, 1.165) is 69.4 Å². The highest BCUT2D eigenvalue weighted by Gasteiger charge is 2.40. The fourth-order valence-corrected chi connectivity index (χ4v) is 4.09. The monoisotopic (exact) mass is 344 g/mol. The minimum Gasteiger partial charge on any atom is -0.465 e. The number of furan rings is 1. The van der Waals surface area contributed by atoms with Crippen LogP contribution in [-0.4, -0.2) is 43.3 Å². The van der Waals surface area contributed by atoms with Crippen molar-refractivity contribution in [3.05, 3.63) is 53.7 Å². The van der Waals surface area contributed by atoms with Gasteiger partial charge in [-0.3, -0.25) is 4.90 Å². The van der Waals surface area contributed by atoms with Crippen LogP contribution in [0.15, 0.2) is 40.8 Å². The molecule has 2 aliphatic heterocycles. The molecule has 5 heteroatoms. The number of hydrogen-bond acceptors (Lipinski definition) is 4. The first kappa shape index (κ1) is 16.6. The van der Waals surface area contributed by atoms with Gasteiger partial charge in [0.1, 0.15) is 17.3 Å². The average Bonchev–Trinajstić information content (AvgIpc) is 3.00. The lowest BCUT2D eigenvalue weighted by Gasteiger charge is -2.48. The Labute approximate surface area is 148 Å². The molecule has 25 heavy (non-hydrogen) atoms. The van der Waals surface area contributed by atoms with Crippen molar-refractivity contribution in [3.8, 4) is 0 Å². The molecule has 1 aromatic carbocycles. The van der Waals surface area contributed by atoms with Crippen molar-refractivity contribution in [2.45, 2.75) is 31.9 Å². The molecule has 134 valence electrons. The van der Waals surface area contributed by atoms with Crippen molar-refractivity contribution in [1.82, 2.24) is 4.90 Å². The summed E-state index contributed by atoms with van der Waals surface area (Å²) in [7, 11) is 0. The van der Waals surface area contributed by atoms with Crippen LogP contribution in [0.5, 0.6) is 0 Å². The van der Waals surface area contributed by atoms with E-state index >= 15 is 0 Å². The number of hydrogen-bond donors (Lipinski definition) is 0. The van der Waals surface area contributed by atoms with Gasteiger partial charge in [0.05, 0.1) is 18.8 Å². The first-order valence-electron chi connectivity index (χ1n) is 9.04. The molecule has 4 rings (SSSR count). The van der Waals surface area contributed by atoms with Gasteiger partial charge in [-0.25, -0.2) is 4.39 Å². The molecule has 4 nitrogen and oxygen atoms in total. The van der Waals surface area contributed by atoms with E-state index in [1.165, 1.54) is 6.07 Å². The van der Waals surface area contributed by atoms with E-state index < -0.39 is 0 Å². The highest BCUT2D eigenvalue weighted by atomic mass is 19.1. The van der Waals surface area contributed by atoms with E-state index in [1.807, 2.05) is 19.1 Å². The molecule has 0 unspecified atom stereocenters. The Hall–Kier alpha value is -1.85. The molecule has 0 bridgehead atoms. The average molecular weight is 344 g/mol. The van der Waals surface area contributed by atoms with Gasteiger partial charge in [0, 0.05) is 31.9 Å². The lowest BCUT2D eigenvalue weighted by atomic mass is 9.90. The smallest absolute Gasteiger partial charge is 0.125 e. The van der Waals surface area contributed by atoms with Gasteiger partial charge in [0.15, 0.2) is 0 Å². The molecule has 2 fully saturated rings. The van der Waals surface area contributed by atoms with E-state index in [-0.39, 0.29) is 11.4 Å². The Morgan fingerprint density at radius 3 is 2.88 bits per heavy atom. The van der Waals surface area contributed by atoms with Gasteiger partial charge >= 0.3 is 0 Å². The Morgan fingerprint density at radius 1 is 1.16 bits per heavy atom. The Morgan fingerprint density at radius 2 is 2.08 bits per heavy atom. The second-order valence-electron chi connectivity index (χ2n) is 7.26. The molecule has 1 aromatic heterocycles. The molecule has 2 aliphatic rings. The van der Waals surface area contributed by atoms with Crippen molar-refractivity contribution in [2.24, 2.45) is 0 Å². The summed E-state index contributed by atoms with van der Waals surface area (Å²) in [6, 6.07) is 10.9. The summed E-state index contributed by atoms with van der Waals surface area (Å²) in [5, 5.41) is 0. The summed E-state index contributed by atoms with van der Waals surface area (Å²) in [6.07, 6.45) is 2.11. The zero-order valence-electron chi connectivity index (χ0n) is 14.7. The third kappa shape index (κ3) is 3.72. The molecule has 0 aliphatic carbocycles. The Balaban J connectivity index is 1.46. The van der Waals surface area contributed by atoms with Crippen LogP contribution in [-0.2, 0) is 11.3 Å². The molecule has 0 N–H and O–H groups in total. The summed E-state index contributed by atoms with van der Waals surface area (Å²) in [5.41, 5.74) is 0.770. The number of piperidine rings is 1. The standard InChI is InChI=1S/C20H25FN2O2/c1-16-6-7-19(25-16)13-22-10-11-24-20(14-22)8-3-9-23(15-20)18-5-2-4-17(21)12-18/h2,4-7,12H,3,8-11,13-15H2,1H3/t20-/m0/s1. The summed E-state index contributed by atoms with van der Waals surface area (Å²) < 4.78 is 25.6. The number of halogens is 1. The first-order valence-corrected chi connectivity index (χ1v) is 9.04. The van der Waals surface area contributed by atoms with Crippen LogP contribution in [0.4, 0.5) is 10.1 Å². The van der Waals surface area contributed by atoms with Gasteiger partial charge in [0.2, 0.25) is 0 Å². The minimum absolute atomic E-state index is 0.176. The van der Waals surface area contributed by atoms with Crippen LogP contribution in [0.2, 0.25) is 0 Å². The summed E-state index contributed by atoms with van der Waals surface area (Å²) in [4.78, 5) is 4.67. The van der Waals surface area contributed by atoms with Crippen molar-refractivity contribution in [1.29, 1.82) is 0 Å². The Bertz CT molecular complexity index is 728. The molecular weight excluding hydrogens is 319 g/mol. The molecule has 3 heterocycles. The molecule has 0 saturated carbocycles. The van der Waals surface area contributed by atoms with E-state index in [9.17, 15) is 4.39 Å². The van der Waals surface area contributed by atoms with Gasteiger partial charge in [-0.2, -0.15) is 0 Å². The molecule has 0 amide bonds. The number of benzene rings is 1. The topological polar surface area (TPSA) is 28.9 Å². The molecule has 2 saturated heterocycles. The van der Waals surface area contributed by atoms with Crippen molar-refractivity contribution < 1.29 is 13.5 Å². The molecule has 1 spiro atoms. The van der Waals surface area contributed by atoms with Gasteiger partial charge < -0.3 is 14.1 Å². The first-order chi connectivity index (χ1) is 12.1. The predicted octanol–water partition coefficient (Wildman–Crippen LogP) is 3.60. The van der Waals surface area contributed by atoms with E-state index in [0.29, 0.717) is 0 Å². The highest BCUT2D eigenvalue weighted by Crippen LogP contribution is 2.32. The van der Waals surface area contributed by atoms with E-state index in [1.54, 1.807) is 12.1 Å². The third-order valence-electron chi connectivity index (χ3n) is 5.22. The summed E-state index contributed by atoms with van der Waals surface area (Å²) >= 11 is 0. The zero-order valence-corrected chi connectivity index (χ0v) is 14.7.